The van der Waals surface area contributed by atoms with Crippen molar-refractivity contribution >= 4 is 5.69 Å². The second-order valence-electron chi connectivity index (χ2n) is 4.50. The Bertz CT molecular complexity index is 314. The Balaban J connectivity index is 2.20. The molecule has 0 aromatic heterocycles. The highest BCUT2D eigenvalue weighted by Crippen LogP contribution is 2.25. The normalized spacial score (nSPS) is 18.1. The summed E-state index contributed by atoms with van der Waals surface area (Å²) in [5.41, 5.74) is 8.67. The number of para-hydroxylation sites is 1. The third kappa shape index (κ3) is 2.51. The maximum atomic E-state index is 5.87. The molecular weight excluding hydrogens is 184 g/mol. The molecule has 0 radical (unpaired) electrons. The molecule has 1 aliphatic heterocycles. The first-order valence-electron chi connectivity index (χ1n) is 5.86. The zero-order chi connectivity index (χ0) is 10.7. The van der Waals surface area contributed by atoms with Gasteiger partial charge in [-0.25, -0.2) is 0 Å². The van der Waals surface area contributed by atoms with Gasteiger partial charge < -0.3 is 10.6 Å². The van der Waals surface area contributed by atoms with E-state index in [1.54, 1.807) is 0 Å². The molecule has 2 nitrogen and oxygen atoms in total. The van der Waals surface area contributed by atoms with E-state index >= 15 is 0 Å². The van der Waals surface area contributed by atoms with E-state index < -0.39 is 0 Å². The average molecular weight is 204 g/mol. The Morgan fingerprint density at radius 3 is 2.60 bits per heavy atom. The Morgan fingerprint density at radius 2 is 1.93 bits per heavy atom. The molecule has 1 aromatic carbocycles. The summed E-state index contributed by atoms with van der Waals surface area (Å²) < 4.78 is 0. The number of nitrogens with zero attached hydrogens (tertiary/aromatic N) is 1. The van der Waals surface area contributed by atoms with Crippen LogP contribution in [0.15, 0.2) is 24.3 Å². The highest BCUT2D eigenvalue weighted by atomic mass is 15.1. The Kier molecular flexibility index (Phi) is 3.27. The van der Waals surface area contributed by atoms with E-state index in [0.29, 0.717) is 0 Å². The van der Waals surface area contributed by atoms with Gasteiger partial charge in [0.2, 0.25) is 0 Å². The van der Waals surface area contributed by atoms with Gasteiger partial charge in [0.05, 0.1) is 0 Å². The third-order valence-electron chi connectivity index (χ3n) is 2.98. The summed E-state index contributed by atoms with van der Waals surface area (Å²) >= 11 is 0. The van der Waals surface area contributed by atoms with E-state index in [0.717, 1.165) is 6.42 Å². The van der Waals surface area contributed by atoms with Gasteiger partial charge in [0.25, 0.3) is 0 Å². The molecule has 1 heterocycles. The summed E-state index contributed by atoms with van der Waals surface area (Å²) in [5, 5.41) is 0. The Morgan fingerprint density at radius 1 is 1.27 bits per heavy atom. The van der Waals surface area contributed by atoms with Crippen LogP contribution in [-0.4, -0.2) is 19.1 Å². The summed E-state index contributed by atoms with van der Waals surface area (Å²) in [6.07, 6.45) is 3.63. The fourth-order valence-corrected chi connectivity index (χ4v) is 2.30. The van der Waals surface area contributed by atoms with Crippen molar-refractivity contribution in [3.05, 3.63) is 29.8 Å². The van der Waals surface area contributed by atoms with Crippen molar-refractivity contribution in [3.8, 4) is 0 Å². The van der Waals surface area contributed by atoms with Crippen molar-refractivity contribution in [3.63, 3.8) is 0 Å². The molecule has 0 saturated carbocycles. The lowest BCUT2D eigenvalue weighted by Crippen LogP contribution is -2.23. The molecule has 0 amide bonds. The van der Waals surface area contributed by atoms with Crippen LogP contribution in [0.4, 0.5) is 5.69 Å². The molecule has 0 unspecified atom stereocenters. The molecule has 1 fully saturated rings. The minimum absolute atomic E-state index is 0.244. The van der Waals surface area contributed by atoms with E-state index in [2.05, 4.69) is 36.1 Å². The molecule has 15 heavy (non-hydrogen) atoms. The van der Waals surface area contributed by atoms with Gasteiger partial charge in [-0.2, -0.15) is 0 Å². The number of hydrogen-bond acceptors (Lipinski definition) is 2. The zero-order valence-electron chi connectivity index (χ0n) is 9.45. The Hall–Kier alpha value is -1.02. The predicted molar refractivity (Wildman–Crippen MR) is 65.2 cm³/mol. The van der Waals surface area contributed by atoms with Gasteiger partial charge in [-0.05, 0) is 37.8 Å². The molecule has 0 aliphatic carbocycles. The standard InChI is InChI=1S/C13H20N2/c1-11(14)10-12-6-2-3-7-13(12)15-8-4-5-9-15/h2-3,6-7,11H,4-5,8-10,14H2,1H3/t11-/m1/s1. The van der Waals surface area contributed by atoms with Crippen molar-refractivity contribution in [1.29, 1.82) is 0 Å². The van der Waals surface area contributed by atoms with Gasteiger partial charge in [0, 0.05) is 24.8 Å². The van der Waals surface area contributed by atoms with Gasteiger partial charge in [-0.1, -0.05) is 18.2 Å². The second kappa shape index (κ2) is 4.67. The van der Waals surface area contributed by atoms with Gasteiger partial charge >= 0.3 is 0 Å². The average Bonchev–Trinajstić information content (AvgIpc) is 2.70. The van der Waals surface area contributed by atoms with E-state index in [1.807, 2.05) is 0 Å². The maximum Gasteiger partial charge on any atom is 0.0399 e. The number of hydrogen-bond donors (Lipinski definition) is 1. The maximum absolute atomic E-state index is 5.87. The number of nitrogens with two attached hydrogens (primary N) is 1. The molecule has 1 aromatic rings. The van der Waals surface area contributed by atoms with Crippen molar-refractivity contribution in [2.45, 2.75) is 32.2 Å². The first kappa shape index (κ1) is 10.5. The first-order valence-corrected chi connectivity index (χ1v) is 5.86. The lowest BCUT2D eigenvalue weighted by atomic mass is 10.0. The van der Waals surface area contributed by atoms with Crippen LogP contribution in [0, 0.1) is 0 Å². The first-order chi connectivity index (χ1) is 7.27. The third-order valence-corrected chi connectivity index (χ3v) is 2.98. The minimum Gasteiger partial charge on any atom is -0.371 e. The van der Waals surface area contributed by atoms with Crippen LogP contribution in [0.25, 0.3) is 0 Å². The van der Waals surface area contributed by atoms with Crippen molar-refractivity contribution in [2.75, 3.05) is 18.0 Å². The van der Waals surface area contributed by atoms with E-state index in [4.69, 9.17) is 5.73 Å². The Labute approximate surface area is 92.1 Å². The SMILES string of the molecule is C[C@@H](N)Cc1ccccc1N1CCCC1. The monoisotopic (exact) mass is 204 g/mol. The molecule has 2 N–H and O–H groups in total. The topological polar surface area (TPSA) is 29.3 Å². The van der Waals surface area contributed by atoms with Crippen LogP contribution in [-0.2, 0) is 6.42 Å². The van der Waals surface area contributed by atoms with Gasteiger partial charge in [0.1, 0.15) is 0 Å². The van der Waals surface area contributed by atoms with Crippen molar-refractivity contribution in [1.82, 2.24) is 0 Å². The van der Waals surface area contributed by atoms with Gasteiger partial charge in [0.15, 0.2) is 0 Å². The molecule has 2 heteroatoms. The predicted octanol–water partition coefficient (Wildman–Crippen LogP) is 2.18. The van der Waals surface area contributed by atoms with E-state index in [1.165, 1.54) is 37.2 Å². The number of rotatable bonds is 3. The van der Waals surface area contributed by atoms with Crippen LogP contribution in [0.3, 0.4) is 0 Å². The summed E-state index contributed by atoms with van der Waals surface area (Å²) in [5.74, 6) is 0. The van der Waals surface area contributed by atoms with Crippen molar-refractivity contribution < 1.29 is 0 Å². The van der Waals surface area contributed by atoms with Crippen LogP contribution >= 0.6 is 0 Å². The molecule has 82 valence electrons. The summed E-state index contributed by atoms with van der Waals surface area (Å²) in [6, 6.07) is 8.91. The molecular formula is C13H20N2. The fraction of sp³-hybridized carbons (Fsp3) is 0.538. The van der Waals surface area contributed by atoms with Crippen LogP contribution in [0.2, 0.25) is 0 Å². The zero-order valence-corrected chi connectivity index (χ0v) is 9.45. The highest BCUT2D eigenvalue weighted by Gasteiger charge is 2.15. The van der Waals surface area contributed by atoms with E-state index in [9.17, 15) is 0 Å². The smallest absolute Gasteiger partial charge is 0.0399 e. The van der Waals surface area contributed by atoms with Crippen LogP contribution in [0.1, 0.15) is 25.3 Å². The summed E-state index contributed by atoms with van der Waals surface area (Å²) in [7, 11) is 0. The molecule has 1 aliphatic rings. The van der Waals surface area contributed by atoms with Crippen molar-refractivity contribution in [2.24, 2.45) is 5.73 Å². The lowest BCUT2D eigenvalue weighted by Gasteiger charge is -2.22. The highest BCUT2D eigenvalue weighted by molar-refractivity contribution is 5.54. The van der Waals surface area contributed by atoms with Gasteiger partial charge in [-0.15, -0.1) is 0 Å². The second-order valence-corrected chi connectivity index (χ2v) is 4.50. The summed E-state index contributed by atoms with van der Waals surface area (Å²) in [4.78, 5) is 2.48. The largest absolute Gasteiger partial charge is 0.371 e. The summed E-state index contributed by atoms with van der Waals surface area (Å²) in [6.45, 7) is 4.48. The number of anilines is 1. The molecule has 0 spiro atoms. The molecule has 1 saturated heterocycles. The fourth-order valence-electron chi connectivity index (χ4n) is 2.30. The van der Waals surface area contributed by atoms with Gasteiger partial charge in [-0.3, -0.25) is 0 Å². The molecule has 1 atom stereocenters. The van der Waals surface area contributed by atoms with Crippen LogP contribution in [0.5, 0.6) is 0 Å². The quantitative estimate of drug-likeness (QED) is 0.817. The number of benzene rings is 1. The minimum atomic E-state index is 0.244. The lowest BCUT2D eigenvalue weighted by molar-refractivity contribution is 0.735. The molecule has 2 rings (SSSR count). The molecule has 0 bridgehead atoms. The van der Waals surface area contributed by atoms with E-state index in [-0.39, 0.29) is 6.04 Å². The van der Waals surface area contributed by atoms with Crippen LogP contribution < -0.4 is 10.6 Å².